The van der Waals surface area contributed by atoms with E-state index in [9.17, 15) is 4.79 Å². The molecule has 1 aliphatic rings. The lowest BCUT2D eigenvalue weighted by Crippen LogP contribution is -2.15. The average molecular weight is 377 g/mol. The van der Waals surface area contributed by atoms with Crippen LogP contribution in [0.25, 0.3) is 11.3 Å². The van der Waals surface area contributed by atoms with Gasteiger partial charge in [0.05, 0.1) is 16.1 Å². The Balaban J connectivity index is 1.57. The number of rotatable bonds is 5. The Hall–Kier alpha value is -0.660. The van der Waals surface area contributed by atoms with Crippen LogP contribution in [0.4, 0.5) is 5.13 Å². The van der Waals surface area contributed by atoms with Crippen molar-refractivity contribution >= 4 is 56.9 Å². The van der Waals surface area contributed by atoms with Crippen LogP contribution in [0.3, 0.4) is 0 Å². The number of hydrogen-bond donors (Lipinski definition) is 1. The van der Waals surface area contributed by atoms with E-state index in [1.54, 1.807) is 6.07 Å². The van der Waals surface area contributed by atoms with Crippen molar-refractivity contribution in [1.82, 2.24) is 4.98 Å². The van der Waals surface area contributed by atoms with E-state index < -0.39 is 0 Å². The van der Waals surface area contributed by atoms with Gasteiger partial charge in [-0.05, 0) is 25.3 Å². The van der Waals surface area contributed by atoms with E-state index in [4.69, 9.17) is 27.9 Å². The van der Waals surface area contributed by atoms with Crippen molar-refractivity contribution in [1.29, 1.82) is 0 Å². The molecule has 8 heteroatoms. The minimum Gasteiger partial charge on any atom is -0.378 e. The third-order valence-electron chi connectivity index (χ3n) is 3.40. The van der Waals surface area contributed by atoms with Crippen LogP contribution >= 0.6 is 45.9 Å². The Kier molecular flexibility index (Phi) is 5.36. The summed E-state index contributed by atoms with van der Waals surface area (Å²) in [7, 11) is 0. The molecule has 0 spiro atoms. The minimum absolute atomic E-state index is 0.0363. The fourth-order valence-corrected chi connectivity index (χ4v) is 4.52. The molecule has 1 N–H and O–H groups in total. The van der Waals surface area contributed by atoms with E-state index in [0.29, 0.717) is 20.2 Å². The standard InChI is InChI=1S/C14H14Cl2N2O2S2/c15-11-6-9(13(16)22-11)10-7-21-14(17-10)18-12(19)4-3-8-2-1-5-20-8/h6-8H,1-5H2,(H,17,18,19)/t8-/m0/s1. The Morgan fingerprint density at radius 1 is 1.50 bits per heavy atom. The molecule has 1 fully saturated rings. The third kappa shape index (κ3) is 4.00. The van der Waals surface area contributed by atoms with Crippen LogP contribution in [0.2, 0.25) is 8.67 Å². The Labute approximate surface area is 146 Å². The van der Waals surface area contributed by atoms with Gasteiger partial charge in [-0.1, -0.05) is 23.2 Å². The molecule has 0 radical (unpaired) electrons. The fraction of sp³-hybridized carbons (Fsp3) is 0.429. The molecule has 0 unspecified atom stereocenters. The molecule has 3 rings (SSSR count). The van der Waals surface area contributed by atoms with Gasteiger partial charge in [-0.25, -0.2) is 4.98 Å². The normalized spacial score (nSPS) is 17.8. The molecule has 1 aliphatic heterocycles. The first-order valence-electron chi connectivity index (χ1n) is 6.94. The molecule has 118 valence electrons. The third-order valence-corrected chi connectivity index (χ3v) is 5.65. The second-order valence-corrected chi connectivity index (χ2v) is 8.14. The Morgan fingerprint density at radius 2 is 2.36 bits per heavy atom. The summed E-state index contributed by atoms with van der Waals surface area (Å²) in [5.74, 6) is -0.0363. The number of aromatic nitrogens is 1. The molecule has 1 atom stereocenters. The van der Waals surface area contributed by atoms with Crippen LogP contribution in [-0.4, -0.2) is 23.6 Å². The highest BCUT2D eigenvalue weighted by Gasteiger charge is 2.17. The number of thiophene rings is 1. The summed E-state index contributed by atoms with van der Waals surface area (Å²) in [6.45, 7) is 0.812. The summed E-state index contributed by atoms with van der Waals surface area (Å²) < 4.78 is 6.74. The summed E-state index contributed by atoms with van der Waals surface area (Å²) >= 11 is 14.7. The molecule has 2 aromatic rings. The highest BCUT2D eigenvalue weighted by molar-refractivity contribution is 7.20. The monoisotopic (exact) mass is 376 g/mol. The number of anilines is 1. The van der Waals surface area contributed by atoms with Gasteiger partial charge in [0, 0.05) is 24.0 Å². The van der Waals surface area contributed by atoms with Crippen molar-refractivity contribution in [3.05, 3.63) is 20.1 Å². The number of amides is 1. The van der Waals surface area contributed by atoms with Crippen molar-refractivity contribution < 1.29 is 9.53 Å². The molecule has 1 saturated heterocycles. The summed E-state index contributed by atoms with van der Waals surface area (Å²) in [5.41, 5.74) is 1.53. The first-order valence-corrected chi connectivity index (χ1v) is 9.39. The molecule has 4 nitrogen and oxygen atoms in total. The predicted octanol–water partition coefficient (Wildman–Crippen LogP) is 5.08. The number of nitrogens with one attached hydrogen (secondary N) is 1. The van der Waals surface area contributed by atoms with E-state index in [2.05, 4.69) is 10.3 Å². The molecular formula is C14H14Cl2N2O2S2. The number of ether oxygens (including phenoxy) is 1. The molecule has 0 aliphatic carbocycles. The second kappa shape index (κ2) is 7.27. The van der Waals surface area contributed by atoms with E-state index >= 15 is 0 Å². The van der Waals surface area contributed by atoms with Gasteiger partial charge in [0.1, 0.15) is 4.34 Å². The van der Waals surface area contributed by atoms with Gasteiger partial charge in [0.15, 0.2) is 5.13 Å². The highest BCUT2D eigenvalue weighted by Crippen LogP contribution is 2.39. The smallest absolute Gasteiger partial charge is 0.226 e. The number of halogens is 2. The lowest BCUT2D eigenvalue weighted by molar-refractivity contribution is -0.116. The van der Waals surface area contributed by atoms with Crippen molar-refractivity contribution in [3.63, 3.8) is 0 Å². The summed E-state index contributed by atoms with van der Waals surface area (Å²) in [6, 6.07) is 1.78. The summed E-state index contributed by atoms with van der Waals surface area (Å²) in [5, 5.41) is 5.26. The molecule has 0 aromatic carbocycles. The van der Waals surface area contributed by atoms with E-state index in [0.717, 1.165) is 37.1 Å². The Morgan fingerprint density at radius 3 is 3.05 bits per heavy atom. The first kappa shape index (κ1) is 16.2. The Bertz CT molecular complexity index is 666. The number of hydrogen-bond acceptors (Lipinski definition) is 5. The first-order chi connectivity index (χ1) is 10.6. The maximum atomic E-state index is 11.9. The van der Waals surface area contributed by atoms with Gasteiger partial charge in [0.2, 0.25) is 5.91 Å². The zero-order valence-corrected chi connectivity index (χ0v) is 14.7. The van der Waals surface area contributed by atoms with Crippen molar-refractivity contribution in [2.45, 2.75) is 31.8 Å². The van der Waals surface area contributed by atoms with Gasteiger partial charge in [0.25, 0.3) is 0 Å². The SMILES string of the molecule is O=C(CC[C@@H]1CCCO1)Nc1nc(-c2cc(Cl)sc2Cl)cs1. The molecule has 3 heterocycles. The van der Waals surface area contributed by atoms with E-state index in [-0.39, 0.29) is 12.0 Å². The van der Waals surface area contributed by atoms with Crippen LogP contribution in [0.5, 0.6) is 0 Å². The van der Waals surface area contributed by atoms with Crippen LogP contribution in [0, 0.1) is 0 Å². The van der Waals surface area contributed by atoms with Gasteiger partial charge in [-0.3, -0.25) is 4.79 Å². The summed E-state index contributed by atoms with van der Waals surface area (Å²) in [4.78, 5) is 16.3. The second-order valence-electron chi connectivity index (χ2n) is 5.00. The van der Waals surface area contributed by atoms with E-state index in [1.165, 1.54) is 22.7 Å². The lowest BCUT2D eigenvalue weighted by atomic mass is 10.1. The maximum absolute atomic E-state index is 11.9. The van der Waals surface area contributed by atoms with Gasteiger partial charge in [-0.2, -0.15) is 0 Å². The number of carbonyl (C=O) groups is 1. The average Bonchev–Trinajstić information content (AvgIpc) is 3.18. The van der Waals surface area contributed by atoms with Crippen LogP contribution in [0.15, 0.2) is 11.4 Å². The fourth-order valence-electron chi connectivity index (χ4n) is 2.32. The molecule has 0 bridgehead atoms. The lowest BCUT2D eigenvalue weighted by Gasteiger charge is -2.07. The highest BCUT2D eigenvalue weighted by atomic mass is 35.5. The number of thiazole rings is 1. The van der Waals surface area contributed by atoms with Crippen molar-refractivity contribution in [2.75, 3.05) is 11.9 Å². The van der Waals surface area contributed by atoms with Gasteiger partial charge >= 0.3 is 0 Å². The van der Waals surface area contributed by atoms with Crippen LogP contribution in [0.1, 0.15) is 25.7 Å². The van der Waals surface area contributed by atoms with Crippen LogP contribution in [-0.2, 0) is 9.53 Å². The zero-order valence-electron chi connectivity index (χ0n) is 11.6. The quantitative estimate of drug-likeness (QED) is 0.791. The molecule has 1 amide bonds. The predicted molar refractivity (Wildman–Crippen MR) is 92.3 cm³/mol. The van der Waals surface area contributed by atoms with Crippen molar-refractivity contribution in [2.24, 2.45) is 0 Å². The van der Waals surface area contributed by atoms with E-state index in [1.807, 2.05) is 5.38 Å². The van der Waals surface area contributed by atoms with Crippen LogP contribution < -0.4 is 5.32 Å². The summed E-state index contributed by atoms with van der Waals surface area (Å²) in [6.07, 6.45) is 3.57. The molecule has 0 saturated carbocycles. The van der Waals surface area contributed by atoms with Crippen molar-refractivity contribution in [3.8, 4) is 11.3 Å². The molecular weight excluding hydrogens is 363 g/mol. The largest absolute Gasteiger partial charge is 0.378 e. The zero-order chi connectivity index (χ0) is 15.5. The number of nitrogens with zero attached hydrogens (tertiary/aromatic N) is 1. The maximum Gasteiger partial charge on any atom is 0.226 e. The number of carbonyl (C=O) groups excluding carboxylic acids is 1. The molecule has 2 aromatic heterocycles. The van der Waals surface area contributed by atoms with Gasteiger partial charge < -0.3 is 10.1 Å². The minimum atomic E-state index is -0.0363. The molecule has 22 heavy (non-hydrogen) atoms. The van der Waals surface area contributed by atoms with Gasteiger partial charge in [-0.15, -0.1) is 22.7 Å². The topological polar surface area (TPSA) is 51.2 Å².